The van der Waals surface area contributed by atoms with Crippen molar-refractivity contribution in [2.45, 2.75) is 64.6 Å². The third kappa shape index (κ3) is 4.37. The average molecular weight is 307 g/mol. The molecule has 0 atom stereocenters. The van der Waals surface area contributed by atoms with Gasteiger partial charge < -0.3 is 10.2 Å². The lowest BCUT2D eigenvalue weighted by Gasteiger charge is -2.29. The number of halogens is 1. The number of hydrogen-bond donors (Lipinski definition) is 1. The molecular weight excluding hydrogens is 280 g/mol. The lowest BCUT2D eigenvalue weighted by atomic mass is 10.1. The molecule has 0 saturated heterocycles. The second kappa shape index (κ2) is 5.81. The first kappa shape index (κ1) is 15.2. The van der Waals surface area contributed by atoms with E-state index >= 15 is 0 Å². The summed E-state index contributed by atoms with van der Waals surface area (Å²) in [5, 5.41) is 4.44. The van der Waals surface area contributed by atoms with Crippen LogP contribution < -0.4 is 10.2 Å². The van der Waals surface area contributed by atoms with E-state index in [0.717, 1.165) is 23.5 Å². The van der Waals surface area contributed by atoms with Gasteiger partial charge in [-0.1, -0.05) is 11.6 Å². The molecule has 116 valence electrons. The Hall–Kier alpha value is -0.730. The van der Waals surface area contributed by atoms with Crippen molar-refractivity contribution < 1.29 is 0 Å². The molecule has 2 fully saturated rings. The summed E-state index contributed by atoms with van der Waals surface area (Å²) in [6, 6.07) is 7.17. The summed E-state index contributed by atoms with van der Waals surface area (Å²) < 4.78 is 0. The zero-order valence-electron chi connectivity index (χ0n) is 13.5. The molecule has 21 heavy (non-hydrogen) atoms. The Kier molecular flexibility index (Phi) is 4.20. The van der Waals surface area contributed by atoms with Gasteiger partial charge in [0.2, 0.25) is 0 Å². The minimum Gasteiger partial charge on any atom is -0.368 e. The molecule has 0 amide bonds. The van der Waals surface area contributed by atoms with Gasteiger partial charge in [-0.05, 0) is 76.1 Å². The molecule has 2 aliphatic carbocycles. The number of anilines is 1. The van der Waals surface area contributed by atoms with Crippen LogP contribution in [0.2, 0.25) is 5.02 Å². The standard InChI is InChI=1S/C18H27ClN2/c1-18(2,3)20-11-14-10-15(19)6-9-17(14)21(16-7-8-16)12-13-4-5-13/h6,9-10,13,16,20H,4-5,7-8,11-12H2,1-3H3. The Bertz CT molecular complexity index is 498. The molecule has 3 heteroatoms. The fraction of sp³-hybridized carbons (Fsp3) is 0.667. The van der Waals surface area contributed by atoms with E-state index in [1.54, 1.807) is 0 Å². The van der Waals surface area contributed by atoms with Crippen molar-refractivity contribution >= 4 is 17.3 Å². The van der Waals surface area contributed by atoms with E-state index in [-0.39, 0.29) is 5.54 Å². The summed E-state index contributed by atoms with van der Waals surface area (Å²) in [6.07, 6.45) is 5.52. The molecular formula is C18H27ClN2. The first-order valence-electron chi connectivity index (χ1n) is 8.22. The number of nitrogens with zero attached hydrogens (tertiary/aromatic N) is 1. The van der Waals surface area contributed by atoms with Gasteiger partial charge >= 0.3 is 0 Å². The molecule has 1 aromatic rings. The predicted molar refractivity (Wildman–Crippen MR) is 91.1 cm³/mol. The highest BCUT2D eigenvalue weighted by atomic mass is 35.5. The summed E-state index contributed by atoms with van der Waals surface area (Å²) >= 11 is 6.24. The Morgan fingerprint density at radius 1 is 1.19 bits per heavy atom. The summed E-state index contributed by atoms with van der Waals surface area (Å²) in [7, 11) is 0. The smallest absolute Gasteiger partial charge is 0.0415 e. The van der Waals surface area contributed by atoms with E-state index in [1.807, 2.05) is 6.07 Å². The van der Waals surface area contributed by atoms with Crippen molar-refractivity contribution in [1.82, 2.24) is 5.32 Å². The van der Waals surface area contributed by atoms with Gasteiger partial charge in [0.15, 0.2) is 0 Å². The Balaban J connectivity index is 1.81. The zero-order valence-corrected chi connectivity index (χ0v) is 14.2. The maximum Gasteiger partial charge on any atom is 0.0415 e. The monoisotopic (exact) mass is 306 g/mol. The number of hydrogen-bond acceptors (Lipinski definition) is 2. The van der Waals surface area contributed by atoms with Crippen molar-refractivity contribution in [3.8, 4) is 0 Å². The second-order valence-corrected chi connectivity index (χ2v) is 8.14. The van der Waals surface area contributed by atoms with Crippen LogP contribution in [-0.4, -0.2) is 18.1 Å². The molecule has 1 aromatic carbocycles. The van der Waals surface area contributed by atoms with E-state index in [1.165, 1.54) is 43.5 Å². The van der Waals surface area contributed by atoms with E-state index in [4.69, 9.17) is 11.6 Å². The highest BCUT2D eigenvalue weighted by Gasteiger charge is 2.34. The van der Waals surface area contributed by atoms with Crippen molar-refractivity contribution in [3.63, 3.8) is 0 Å². The van der Waals surface area contributed by atoms with Gasteiger partial charge in [0.25, 0.3) is 0 Å². The van der Waals surface area contributed by atoms with Crippen LogP contribution in [0.1, 0.15) is 52.0 Å². The van der Waals surface area contributed by atoms with Gasteiger partial charge in [-0.2, -0.15) is 0 Å². The SMILES string of the molecule is CC(C)(C)NCc1cc(Cl)ccc1N(CC1CC1)C1CC1. The van der Waals surface area contributed by atoms with Crippen LogP contribution in [0.3, 0.4) is 0 Å². The normalized spacial score (nSPS) is 18.9. The third-order valence-corrected chi connectivity index (χ3v) is 4.53. The molecule has 2 aliphatic rings. The molecule has 0 aliphatic heterocycles. The number of rotatable bonds is 6. The largest absolute Gasteiger partial charge is 0.368 e. The van der Waals surface area contributed by atoms with Crippen molar-refractivity contribution in [3.05, 3.63) is 28.8 Å². The lowest BCUT2D eigenvalue weighted by molar-refractivity contribution is 0.424. The second-order valence-electron chi connectivity index (χ2n) is 7.70. The summed E-state index contributed by atoms with van der Waals surface area (Å²) in [5.74, 6) is 0.921. The van der Waals surface area contributed by atoms with Crippen molar-refractivity contribution in [2.24, 2.45) is 5.92 Å². The molecule has 2 nitrogen and oxygen atoms in total. The van der Waals surface area contributed by atoms with Crippen LogP contribution in [0.15, 0.2) is 18.2 Å². The number of nitrogens with one attached hydrogen (secondary N) is 1. The molecule has 0 aromatic heterocycles. The summed E-state index contributed by atoms with van der Waals surface area (Å²) in [6.45, 7) is 8.74. The highest BCUT2D eigenvalue weighted by Crippen LogP contribution is 2.39. The Labute approximate surface area is 133 Å². The third-order valence-electron chi connectivity index (χ3n) is 4.30. The first-order chi connectivity index (χ1) is 9.92. The van der Waals surface area contributed by atoms with Crippen LogP contribution in [0, 0.1) is 5.92 Å². The molecule has 0 heterocycles. The fourth-order valence-electron chi connectivity index (χ4n) is 2.75. The van der Waals surface area contributed by atoms with Gasteiger partial charge in [-0.15, -0.1) is 0 Å². The van der Waals surface area contributed by atoms with E-state index in [2.05, 4.69) is 43.1 Å². The minimum atomic E-state index is 0.125. The van der Waals surface area contributed by atoms with E-state index < -0.39 is 0 Å². The van der Waals surface area contributed by atoms with Crippen LogP contribution >= 0.6 is 11.6 Å². The van der Waals surface area contributed by atoms with Crippen LogP contribution in [0.4, 0.5) is 5.69 Å². The summed E-state index contributed by atoms with van der Waals surface area (Å²) in [5.41, 5.74) is 2.86. The molecule has 0 radical (unpaired) electrons. The average Bonchev–Trinajstić information content (AvgIpc) is 3.24. The molecule has 0 spiro atoms. The number of benzene rings is 1. The quantitative estimate of drug-likeness (QED) is 0.826. The van der Waals surface area contributed by atoms with Crippen LogP contribution in [0.25, 0.3) is 0 Å². The molecule has 3 rings (SSSR count). The molecule has 2 saturated carbocycles. The van der Waals surface area contributed by atoms with Gasteiger partial charge in [-0.3, -0.25) is 0 Å². The van der Waals surface area contributed by atoms with Crippen LogP contribution in [0.5, 0.6) is 0 Å². The fourth-order valence-corrected chi connectivity index (χ4v) is 2.94. The van der Waals surface area contributed by atoms with Gasteiger partial charge in [0, 0.05) is 35.4 Å². The van der Waals surface area contributed by atoms with E-state index in [0.29, 0.717) is 0 Å². The molecule has 0 unspecified atom stereocenters. The first-order valence-corrected chi connectivity index (χ1v) is 8.60. The Morgan fingerprint density at radius 3 is 2.48 bits per heavy atom. The van der Waals surface area contributed by atoms with Crippen LogP contribution in [-0.2, 0) is 6.54 Å². The maximum absolute atomic E-state index is 6.24. The van der Waals surface area contributed by atoms with Gasteiger partial charge in [-0.25, -0.2) is 0 Å². The van der Waals surface area contributed by atoms with Crippen molar-refractivity contribution in [2.75, 3.05) is 11.4 Å². The topological polar surface area (TPSA) is 15.3 Å². The predicted octanol–water partition coefficient (Wildman–Crippen LogP) is 4.61. The lowest BCUT2D eigenvalue weighted by Crippen LogP contribution is -2.36. The van der Waals surface area contributed by atoms with Crippen molar-refractivity contribution in [1.29, 1.82) is 0 Å². The molecule has 1 N–H and O–H groups in total. The maximum atomic E-state index is 6.24. The Morgan fingerprint density at radius 2 is 1.90 bits per heavy atom. The minimum absolute atomic E-state index is 0.125. The highest BCUT2D eigenvalue weighted by molar-refractivity contribution is 6.30. The zero-order chi connectivity index (χ0) is 15.0. The van der Waals surface area contributed by atoms with Gasteiger partial charge in [0.05, 0.1) is 0 Å². The molecule has 0 bridgehead atoms. The summed E-state index contributed by atoms with van der Waals surface area (Å²) in [4.78, 5) is 2.65. The van der Waals surface area contributed by atoms with E-state index in [9.17, 15) is 0 Å². The van der Waals surface area contributed by atoms with Gasteiger partial charge in [0.1, 0.15) is 0 Å².